The van der Waals surface area contributed by atoms with Crippen molar-refractivity contribution in [1.82, 2.24) is 10.2 Å². The Labute approximate surface area is 178 Å². The van der Waals surface area contributed by atoms with Gasteiger partial charge < -0.3 is 16.0 Å². The van der Waals surface area contributed by atoms with Gasteiger partial charge in [-0.05, 0) is 55.9 Å². The molecule has 7 nitrogen and oxygen atoms in total. The van der Waals surface area contributed by atoms with Crippen molar-refractivity contribution < 1.29 is 14.4 Å². The average molecular weight is 413 g/mol. The second-order valence-corrected chi connectivity index (χ2v) is 9.08. The zero-order valence-electron chi connectivity index (χ0n) is 17.7. The highest BCUT2D eigenvalue weighted by Crippen LogP contribution is 2.32. The van der Waals surface area contributed by atoms with E-state index >= 15 is 0 Å². The molecule has 1 aromatic carbocycles. The molecule has 3 N–H and O–H groups in total. The molecular weight excluding hydrogens is 380 g/mol. The Balaban J connectivity index is 1.54. The first-order valence-electron chi connectivity index (χ1n) is 11.2. The van der Waals surface area contributed by atoms with Gasteiger partial charge in [0.05, 0.1) is 0 Å². The number of carbonyl (C=O) groups excluding carboxylic acids is 3. The van der Waals surface area contributed by atoms with Crippen LogP contribution in [0.1, 0.15) is 61.4 Å². The lowest BCUT2D eigenvalue weighted by atomic mass is 10.0. The van der Waals surface area contributed by atoms with Crippen molar-refractivity contribution in [3.05, 3.63) is 29.3 Å². The predicted octanol–water partition coefficient (Wildman–Crippen LogP) is 2.47. The zero-order valence-corrected chi connectivity index (χ0v) is 17.7. The molecule has 1 aromatic rings. The molecule has 1 saturated heterocycles. The van der Waals surface area contributed by atoms with Crippen LogP contribution in [0.4, 0.5) is 10.5 Å². The topological polar surface area (TPSA) is 95.7 Å². The first-order valence-corrected chi connectivity index (χ1v) is 11.2. The minimum atomic E-state index is -0.222. The quantitative estimate of drug-likeness (QED) is 0.794. The number of carbonyl (C=O) groups is 3. The molecule has 0 bridgehead atoms. The summed E-state index contributed by atoms with van der Waals surface area (Å²) in [5, 5.41) is 2.98. The second kappa shape index (κ2) is 8.76. The number of amides is 3. The van der Waals surface area contributed by atoms with E-state index in [2.05, 4.69) is 5.32 Å². The lowest BCUT2D eigenvalue weighted by Crippen LogP contribution is -2.51. The third kappa shape index (κ3) is 4.67. The van der Waals surface area contributed by atoms with Crippen molar-refractivity contribution >= 4 is 23.4 Å². The van der Waals surface area contributed by atoms with Gasteiger partial charge in [0.25, 0.3) is 5.91 Å². The van der Waals surface area contributed by atoms with Crippen LogP contribution in [0.15, 0.2) is 18.2 Å². The van der Waals surface area contributed by atoms with Gasteiger partial charge in [0.2, 0.25) is 0 Å². The van der Waals surface area contributed by atoms with Gasteiger partial charge in [-0.3, -0.25) is 14.5 Å². The van der Waals surface area contributed by atoms with Crippen molar-refractivity contribution in [2.45, 2.75) is 64.0 Å². The van der Waals surface area contributed by atoms with Gasteiger partial charge in [-0.2, -0.15) is 0 Å². The summed E-state index contributed by atoms with van der Waals surface area (Å²) >= 11 is 0. The number of piperidine rings is 1. The maximum absolute atomic E-state index is 13.3. The molecule has 7 heteroatoms. The Morgan fingerprint density at radius 1 is 1.17 bits per heavy atom. The molecule has 162 valence electrons. The van der Waals surface area contributed by atoms with E-state index in [1.807, 2.05) is 17.9 Å². The van der Waals surface area contributed by atoms with Gasteiger partial charge in [-0.25, -0.2) is 4.79 Å². The number of urea groups is 1. The maximum Gasteiger partial charge on any atom is 0.324 e. The number of hydrogen-bond acceptors (Lipinski definition) is 4. The molecular formula is C23H32N4O3. The van der Waals surface area contributed by atoms with E-state index in [0.717, 1.165) is 36.4 Å². The highest BCUT2D eigenvalue weighted by molar-refractivity contribution is 6.00. The van der Waals surface area contributed by atoms with Gasteiger partial charge in [-0.1, -0.05) is 12.8 Å². The van der Waals surface area contributed by atoms with Crippen molar-refractivity contribution in [2.75, 3.05) is 24.5 Å². The molecule has 3 aliphatic rings. The third-order valence-electron chi connectivity index (χ3n) is 6.50. The SMILES string of the molecule is C[C@H]1CC(=O)Cc2cc(C(=O)NCCC3CC3)ccc2N1C(=O)N1CCC(N)CC1. The molecule has 2 fully saturated rings. The van der Waals surface area contributed by atoms with Gasteiger partial charge >= 0.3 is 6.03 Å². The molecule has 1 saturated carbocycles. The number of fused-ring (bicyclic) bond motifs is 1. The molecule has 1 aliphatic carbocycles. The lowest BCUT2D eigenvalue weighted by Gasteiger charge is -2.37. The monoisotopic (exact) mass is 412 g/mol. The number of benzene rings is 1. The second-order valence-electron chi connectivity index (χ2n) is 9.08. The Hall–Kier alpha value is -2.41. The first-order chi connectivity index (χ1) is 14.4. The van der Waals surface area contributed by atoms with Gasteiger partial charge in [0.1, 0.15) is 5.78 Å². The summed E-state index contributed by atoms with van der Waals surface area (Å²) < 4.78 is 0. The molecule has 0 aromatic heterocycles. The summed E-state index contributed by atoms with van der Waals surface area (Å²) in [5.41, 5.74) is 8.02. The van der Waals surface area contributed by atoms with E-state index in [0.29, 0.717) is 31.6 Å². The summed E-state index contributed by atoms with van der Waals surface area (Å²) in [4.78, 5) is 42.0. The van der Waals surface area contributed by atoms with E-state index < -0.39 is 0 Å². The minimum absolute atomic E-state index is 0.0769. The van der Waals surface area contributed by atoms with E-state index in [1.165, 1.54) is 12.8 Å². The number of hydrogen-bond donors (Lipinski definition) is 2. The van der Waals surface area contributed by atoms with Gasteiger partial charge in [0.15, 0.2) is 0 Å². The molecule has 1 atom stereocenters. The summed E-state index contributed by atoms with van der Waals surface area (Å²) in [6.45, 7) is 3.86. The first kappa shape index (κ1) is 20.8. The number of anilines is 1. The Bertz CT molecular complexity index is 828. The largest absolute Gasteiger partial charge is 0.352 e. The number of rotatable bonds is 4. The smallest absolute Gasteiger partial charge is 0.324 e. The van der Waals surface area contributed by atoms with Crippen LogP contribution in [0.25, 0.3) is 0 Å². The van der Waals surface area contributed by atoms with E-state index in [1.54, 1.807) is 17.0 Å². The number of nitrogens with zero attached hydrogens (tertiary/aromatic N) is 2. The van der Waals surface area contributed by atoms with Crippen LogP contribution in [0.3, 0.4) is 0 Å². The van der Waals surface area contributed by atoms with Crippen LogP contribution in [-0.2, 0) is 11.2 Å². The molecule has 2 heterocycles. The summed E-state index contributed by atoms with van der Waals surface area (Å²) in [6, 6.07) is 5.22. The molecule has 2 aliphatic heterocycles. The fourth-order valence-electron chi connectivity index (χ4n) is 4.48. The van der Waals surface area contributed by atoms with Crippen LogP contribution in [-0.4, -0.2) is 54.3 Å². The van der Waals surface area contributed by atoms with Gasteiger partial charge in [-0.15, -0.1) is 0 Å². The molecule has 3 amide bonds. The van der Waals surface area contributed by atoms with E-state index in [4.69, 9.17) is 5.73 Å². The maximum atomic E-state index is 13.3. The van der Waals surface area contributed by atoms with E-state index in [9.17, 15) is 14.4 Å². The minimum Gasteiger partial charge on any atom is -0.352 e. The number of nitrogens with two attached hydrogens (primary N) is 1. The van der Waals surface area contributed by atoms with Crippen LogP contribution >= 0.6 is 0 Å². The standard InChI is InChI=1S/C23H32N4O3/c1-15-12-20(28)14-18-13-17(22(29)25-9-6-16-2-3-16)4-5-21(18)27(15)23(30)26-10-7-19(24)8-11-26/h4-5,13,15-16,19H,2-3,6-12,14,24H2,1H3,(H,25,29)/t15-/m0/s1. The van der Waals surface area contributed by atoms with Crippen molar-refractivity contribution in [1.29, 1.82) is 0 Å². The molecule has 0 radical (unpaired) electrons. The Morgan fingerprint density at radius 3 is 2.60 bits per heavy atom. The van der Waals surface area contributed by atoms with E-state index in [-0.39, 0.29) is 36.2 Å². The van der Waals surface area contributed by atoms with Crippen molar-refractivity contribution in [3.8, 4) is 0 Å². The molecule has 30 heavy (non-hydrogen) atoms. The van der Waals surface area contributed by atoms with Crippen LogP contribution in [0.2, 0.25) is 0 Å². The fourth-order valence-corrected chi connectivity index (χ4v) is 4.48. The zero-order chi connectivity index (χ0) is 21.3. The highest BCUT2D eigenvalue weighted by atomic mass is 16.2. The Morgan fingerprint density at radius 2 is 1.90 bits per heavy atom. The summed E-state index contributed by atoms with van der Waals surface area (Å²) in [7, 11) is 0. The number of nitrogens with one attached hydrogen (secondary N) is 1. The number of ketones is 1. The van der Waals surface area contributed by atoms with Crippen LogP contribution in [0, 0.1) is 5.92 Å². The lowest BCUT2D eigenvalue weighted by molar-refractivity contribution is -0.118. The molecule has 0 spiro atoms. The fraction of sp³-hybridized carbons (Fsp3) is 0.609. The summed E-state index contributed by atoms with van der Waals surface area (Å²) in [5.74, 6) is 0.734. The highest BCUT2D eigenvalue weighted by Gasteiger charge is 2.34. The third-order valence-corrected chi connectivity index (χ3v) is 6.50. The van der Waals surface area contributed by atoms with Crippen molar-refractivity contribution in [3.63, 3.8) is 0 Å². The van der Waals surface area contributed by atoms with Crippen molar-refractivity contribution in [2.24, 2.45) is 11.7 Å². The molecule has 4 rings (SSSR count). The average Bonchev–Trinajstić information content (AvgIpc) is 3.54. The van der Waals surface area contributed by atoms with Gasteiger partial charge in [0, 0.05) is 55.8 Å². The van der Waals surface area contributed by atoms with Crippen LogP contribution < -0.4 is 16.0 Å². The van der Waals surface area contributed by atoms with Crippen LogP contribution in [0.5, 0.6) is 0 Å². The Kier molecular flexibility index (Phi) is 6.09. The molecule has 0 unspecified atom stereocenters. The predicted molar refractivity (Wildman–Crippen MR) is 116 cm³/mol. The summed E-state index contributed by atoms with van der Waals surface area (Å²) in [6.07, 6.45) is 5.70. The normalized spacial score (nSPS) is 22.5. The number of likely N-dealkylation sites (tertiary alicyclic amines) is 1. The number of Topliss-reactive ketones (excluding diaryl/α,β-unsaturated/α-hetero) is 1.